The van der Waals surface area contributed by atoms with Crippen LogP contribution in [-0.2, 0) is 5.41 Å². The molecule has 0 aliphatic heterocycles. The monoisotopic (exact) mass is 680 g/mol. The molecule has 5 nitrogen and oxygen atoms in total. The van der Waals surface area contributed by atoms with Gasteiger partial charge < -0.3 is 8.98 Å². The van der Waals surface area contributed by atoms with Crippen molar-refractivity contribution in [2.45, 2.75) is 19.3 Å². The average molecular weight is 681 g/mol. The molecule has 0 radical (unpaired) electrons. The Morgan fingerprint density at radius 1 is 0.491 bits per heavy atom. The number of nitrogens with zero attached hydrogens (tertiary/aromatic N) is 4. The summed E-state index contributed by atoms with van der Waals surface area (Å²) in [4.78, 5) is 5.09. The van der Waals surface area contributed by atoms with E-state index in [4.69, 9.17) is 9.40 Å². The lowest BCUT2D eigenvalue weighted by atomic mass is 9.81. The second-order valence-electron chi connectivity index (χ2n) is 14.9. The van der Waals surface area contributed by atoms with Crippen molar-refractivity contribution in [2.75, 3.05) is 0 Å². The van der Waals surface area contributed by atoms with Gasteiger partial charge in [-0.3, -0.25) is 8.97 Å². The maximum Gasteiger partial charge on any atom is 0.248 e. The van der Waals surface area contributed by atoms with E-state index in [1.807, 2.05) is 12.1 Å². The Kier molecular flexibility index (Phi) is 5.51. The van der Waals surface area contributed by atoms with Crippen LogP contribution in [0.25, 0.3) is 94.4 Å². The van der Waals surface area contributed by atoms with Crippen LogP contribution in [0.4, 0.5) is 0 Å². The standard InChI is InChI=1S/C48H32N4O/c1-48(2)38-14-6-3-11-33(38)34-25-21-30(27-39(34)48)29-19-22-31(23-20-29)50-40-15-7-4-12-35(40)37-28-32(24-26-41(37)50)51-42-16-8-9-17-43(42)52-45-36-13-5-10-18-44(36)53-46(45)49-47(51)52/h3-28H,1-2H3. The van der Waals surface area contributed by atoms with Crippen molar-refractivity contribution < 1.29 is 4.42 Å². The van der Waals surface area contributed by atoms with Crippen LogP contribution in [0.5, 0.6) is 0 Å². The largest absolute Gasteiger partial charge is 0.436 e. The first-order chi connectivity index (χ1) is 26.0. The van der Waals surface area contributed by atoms with Gasteiger partial charge >= 0.3 is 0 Å². The summed E-state index contributed by atoms with van der Waals surface area (Å²) in [5.74, 6) is 0.836. The highest BCUT2D eigenvalue weighted by Gasteiger charge is 2.35. The van der Waals surface area contributed by atoms with Crippen LogP contribution < -0.4 is 0 Å². The molecule has 4 heterocycles. The second-order valence-corrected chi connectivity index (χ2v) is 14.9. The van der Waals surface area contributed by atoms with Crippen molar-refractivity contribution in [1.29, 1.82) is 0 Å². The molecule has 250 valence electrons. The Morgan fingerprint density at radius 3 is 2.02 bits per heavy atom. The van der Waals surface area contributed by atoms with E-state index >= 15 is 0 Å². The van der Waals surface area contributed by atoms with Gasteiger partial charge in [0.25, 0.3) is 0 Å². The molecule has 1 aliphatic rings. The van der Waals surface area contributed by atoms with Gasteiger partial charge in [-0.15, -0.1) is 0 Å². The zero-order valence-corrected chi connectivity index (χ0v) is 29.2. The molecule has 0 unspecified atom stereocenters. The minimum atomic E-state index is -0.0285. The fraction of sp³-hybridized carbons (Fsp3) is 0.0625. The van der Waals surface area contributed by atoms with Crippen molar-refractivity contribution in [1.82, 2.24) is 18.5 Å². The smallest absolute Gasteiger partial charge is 0.248 e. The third kappa shape index (κ3) is 3.78. The molecular formula is C48H32N4O. The summed E-state index contributed by atoms with van der Waals surface area (Å²) >= 11 is 0. The lowest BCUT2D eigenvalue weighted by Crippen LogP contribution is -2.14. The summed E-state index contributed by atoms with van der Waals surface area (Å²) in [5.41, 5.74) is 17.1. The lowest BCUT2D eigenvalue weighted by molar-refractivity contribution is 0.656. The Morgan fingerprint density at radius 2 is 1.15 bits per heavy atom. The maximum atomic E-state index is 6.25. The summed E-state index contributed by atoms with van der Waals surface area (Å²) in [5, 5.41) is 3.47. The maximum absolute atomic E-state index is 6.25. The van der Waals surface area contributed by atoms with E-state index in [0.29, 0.717) is 5.71 Å². The van der Waals surface area contributed by atoms with Gasteiger partial charge in [-0.25, -0.2) is 0 Å². The van der Waals surface area contributed by atoms with E-state index in [2.05, 4.69) is 173 Å². The Balaban J connectivity index is 1.00. The Hall–Kier alpha value is -6.85. The molecule has 0 fully saturated rings. The van der Waals surface area contributed by atoms with Crippen LogP contribution in [0.2, 0.25) is 0 Å². The van der Waals surface area contributed by atoms with Crippen molar-refractivity contribution in [3.63, 3.8) is 0 Å². The summed E-state index contributed by atoms with van der Waals surface area (Å²) in [7, 11) is 0. The molecule has 0 N–H and O–H groups in total. The van der Waals surface area contributed by atoms with E-state index in [9.17, 15) is 0 Å². The highest BCUT2D eigenvalue weighted by molar-refractivity contribution is 6.10. The van der Waals surface area contributed by atoms with E-state index in [0.717, 1.165) is 50.2 Å². The van der Waals surface area contributed by atoms with Gasteiger partial charge in [-0.05, 0) is 100 Å². The number of aromatic nitrogens is 4. The van der Waals surface area contributed by atoms with Crippen molar-refractivity contribution in [2.24, 2.45) is 0 Å². The normalized spacial score (nSPS) is 13.6. The Labute approximate surface area is 304 Å². The van der Waals surface area contributed by atoms with Gasteiger partial charge in [0.2, 0.25) is 11.5 Å². The number of imidazole rings is 2. The second kappa shape index (κ2) is 10.1. The number of para-hydroxylation sites is 4. The van der Waals surface area contributed by atoms with Gasteiger partial charge in [0, 0.05) is 32.9 Å². The Bertz CT molecular complexity index is 3310. The van der Waals surface area contributed by atoms with Gasteiger partial charge in [0.1, 0.15) is 11.1 Å². The van der Waals surface area contributed by atoms with Crippen molar-refractivity contribution in [3.05, 3.63) is 169 Å². The molecule has 0 saturated heterocycles. The first kappa shape index (κ1) is 28.8. The molecule has 0 bridgehead atoms. The van der Waals surface area contributed by atoms with Gasteiger partial charge in [0.15, 0.2) is 0 Å². The van der Waals surface area contributed by atoms with Crippen molar-refractivity contribution >= 4 is 60.8 Å². The highest BCUT2D eigenvalue weighted by atomic mass is 16.3. The van der Waals surface area contributed by atoms with Crippen LogP contribution in [-0.4, -0.2) is 18.5 Å². The van der Waals surface area contributed by atoms with Crippen molar-refractivity contribution in [3.8, 4) is 33.6 Å². The molecular weight excluding hydrogens is 649 g/mol. The zero-order chi connectivity index (χ0) is 35.0. The fourth-order valence-corrected chi connectivity index (χ4v) is 9.20. The average Bonchev–Trinajstić information content (AvgIpc) is 3.97. The van der Waals surface area contributed by atoms with E-state index in [1.165, 1.54) is 49.7 Å². The number of hydrogen-bond donors (Lipinski definition) is 0. The molecule has 5 heteroatoms. The van der Waals surface area contributed by atoms with Gasteiger partial charge in [-0.1, -0.05) is 105 Å². The first-order valence-corrected chi connectivity index (χ1v) is 18.2. The molecule has 0 spiro atoms. The topological polar surface area (TPSA) is 40.3 Å². The van der Waals surface area contributed by atoms with Crippen LogP contribution >= 0.6 is 0 Å². The minimum Gasteiger partial charge on any atom is -0.436 e. The molecule has 12 rings (SSSR count). The van der Waals surface area contributed by atoms with E-state index < -0.39 is 0 Å². The number of fused-ring (bicyclic) bond motifs is 13. The zero-order valence-electron chi connectivity index (χ0n) is 29.2. The molecule has 1 aliphatic carbocycles. The van der Waals surface area contributed by atoms with E-state index in [-0.39, 0.29) is 5.41 Å². The van der Waals surface area contributed by atoms with E-state index in [1.54, 1.807) is 0 Å². The molecule has 4 aromatic heterocycles. The summed E-state index contributed by atoms with van der Waals surface area (Å²) in [6.07, 6.45) is 0. The third-order valence-corrected chi connectivity index (χ3v) is 11.7. The quantitative estimate of drug-likeness (QED) is 0.186. The molecule has 11 aromatic rings. The molecule has 0 amide bonds. The third-order valence-electron chi connectivity index (χ3n) is 11.7. The number of hydrogen-bond acceptors (Lipinski definition) is 2. The van der Waals surface area contributed by atoms with Crippen LogP contribution in [0.1, 0.15) is 25.0 Å². The predicted molar refractivity (Wildman–Crippen MR) is 217 cm³/mol. The van der Waals surface area contributed by atoms with Gasteiger partial charge in [0.05, 0.1) is 22.1 Å². The molecule has 53 heavy (non-hydrogen) atoms. The number of benzene rings is 7. The summed E-state index contributed by atoms with van der Waals surface area (Å²) < 4.78 is 13.1. The first-order valence-electron chi connectivity index (χ1n) is 18.2. The number of rotatable bonds is 3. The number of furan rings is 1. The fourth-order valence-electron chi connectivity index (χ4n) is 9.20. The van der Waals surface area contributed by atoms with Crippen LogP contribution in [0.15, 0.2) is 162 Å². The highest BCUT2D eigenvalue weighted by Crippen LogP contribution is 2.49. The summed E-state index contributed by atoms with van der Waals surface area (Å²) in [6, 6.07) is 57.1. The lowest BCUT2D eigenvalue weighted by Gasteiger charge is -2.22. The summed E-state index contributed by atoms with van der Waals surface area (Å²) in [6.45, 7) is 4.68. The van der Waals surface area contributed by atoms with Crippen LogP contribution in [0.3, 0.4) is 0 Å². The molecule has 0 atom stereocenters. The predicted octanol–water partition coefficient (Wildman–Crippen LogP) is 12.2. The van der Waals surface area contributed by atoms with Crippen LogP contribution in [0, 0.1) is 0 Å². The molecule has 0 saturated carbocycles. The molecule has 7 aromatic carbocycles. The van der Waals surface area contributed by atoms with Gasteiger partial charge in [-0.2, -0.15) is 4.98 Å². The minimum absolute atomic E-state index is 0.0285. The SMILES string of the molecule is CC1(C)c2ccccc2-c2ccc(-c3ccc(-n4c5ccccc5c5cc(-n6c7ccccc7n7c8c(nc67)oc6ccccc68)ccc54)cc3)cc21.